The van der Waals surface area contributed by atoms with Crippen LogP contribution in [0.1, 0.15) is 44.1 Å². The molecule has 1 saturated carbocycles. The van der Waals surface area contributed by atoms with Gasteiger partial charge in [0.1, 0.15) is 0 Å². The van der Waals surface area contributed by atoms with Crippen molar-refractivity contribution in [2.75, 3.05) is 6.54 Å². The van der Waals surface area contributed by atoms with E-state index in [4.69, 9.17) is 0 Å². The highest BCUT2D eigenvalue weighted by Crippen LogP contribution is 2.49. The minimum Gasteiger partial charge on any atom is -0.393 e. The van der Waals surface area contributed by atoms with Gasteiger partial charge in [0.2, 0.25) is 5.91 Å². The summed E-state index contributed by atoms with van der Waals surface area (Å²) in [6, 6.07) is 10.6. The third kappa shape index (κ3) is 2.73. The summed E-state index contributed by atoms with van der Waals surface area (Å²) in [5, 5.41) is 9.56. The number of aliphatic hydroxyl groups excluding tert-OH is 1. The van der Waals surface area contributed by atoms with Gasteiger partial charge in [-0.25, -0.2) is 0 Å². The first-order valence-electron chi connectivity index (χ1n) is 7.70. The van der Waals surface area contributed by atoms with Crippen LogP contribution in [0.15, 0.2) is 30.3 Å². The second kappa shape index (κ2) is 5.57. The molecule has 0 radical (unpaired) electrons. The lowest BCUT2D eigenvalue weighted by Crippen LogP contribution is -2.38. The molecule has 2 aliphatic rings. The summed E-state index contributed by atoms with van der Waals surface area (Å²) in [5.74, 6) is 0.894. The molecule has 108 valence electrons. The molecule has 3 heteroatoms. The number of aliphatic hydroxyl groups is 1. The molecule has 0 spiro atoms. The third-order valence-corrected chi connectivity index (χ3v) is 4.61. The van der Waals surface area contributed by atoms with Gasteiger partial charge in [0.25, 0.3) is 0 Å². The number of hydrogen-bond donors (Lipinski definition) is 1. The number of benzene rings is 1. The van der Waals surface area contributed by atoms with Crippen molar-refractivity contribution in [3.63, 3.8) is 0 Å². The molecule has 1 aliphatic carbocycles. The SMILES string of the molecule is CC(O)CC1CCCN1C(=O)C1CC1c1ccccc1. The summed E-state index contributed by atoms with van der Waals surface area (Å²) < 4.78 is 0. The maximum atomic E-state index is 12.6. The number of nitrogens with zero attached hydrogens (tertiary/aromatic N) is 1. The fourth-order valence-electron chi connectivity index (χ4n) is 3.51. The van der Waals surface area contributed by atoms with E-state index in [1.54, 1.807) is 0 Å². The zero-order valence-corrected chi connectivity index (χ0v) is 12.0. The lowest BCUT2D eigenvalue weighted by atomic mass is 10.1. The van der Waals surface area contributed by atoms with Gasteiger partial charge in [-0.3, -0.25) is 4.79 Å². The number of hydrogen-bond acceptors (Lipinski definition) is 2. The van der Waals surface area contributed by atoms with Gasteiger partial charge in [-0.05, 0) is 44.1 Å². The molecule has 0 aromatic heterocycles. The molecule has 1 heterocycles. The molecular formula is C17H23NO2. The first-order valence-corrected chi connectivity index (χ1v) is 7.70. The average molecular weight is 273 g/mol. The Balaban J connectivity index is 1.63. The fraction of sp³-hybridized carbons (Fsp3) is 0.588. The van der Waals surface area contributed by atoms with Crippen LogP contribution < -0.4 is 0 Å². The highest BCUT2D eigenvalue weighted by atomic mass is 16.3. The van der Waals surface area contributed by atoms with Gasteiger partial charge in [-0.2, -0.15) is 0 Å². The lowest BCUT2D eigenvalue weighted by Gasteiger charge is -2.26. The van der Waals surface area contributed by atoms with E-state index >= 15 is 0 Å². The highest BCUT2D eigenvalue weighted by molar-refractivity contribution is 5.83. The van der Waals surface area contributed by atoms with Gasteiger partial charge >= 0.3 is 0 Å². The van der Waals surface area contributed by atoms with E-state index < -0.39 is 0 Å². The molecule has 1 amide bonds. The summed E-state index contributed by atoms with van der Waals surface area (Å²) in [4.78, 5) is 14.7. The molecule has 3 nitrogen and oxygen atoms in total. The van der Waals surface area contributed by atoms with Crippen LogP contribution in [0.4, 0.5) is 0 Å². The molecule has 1 aromatic rings. The van der Waals surface area contributed by atoms with Crippen molar-refractivity contribution < 1.29 is 9.90 Å². The Morgan fingerprint density at radius 2 is 2.15 bits per heavy atom. The van der Waals surface area contributed by atoms with E-state index in [0.717, 1.165) is 25.8 Å². The molecule has 1 aliphatic heterocycles. The zero-order valence-electron chi connectivity index (χ0n) is 12.0. The van der Waals surface area contributed by atoms with Crippen LogP contribution in [-0.2, 0) is 4.79 Å². The summed E-state index contributed by atoms with van der Waals surface area (Å²) in [6.07, 6.45) is 3.50. The van der Waals surface area contributed by atoms with Gasteiger partial charge in [-0.15, -0.1) is 0 Å². The minimum atomic E-state index is -0.322. The molecule has 3 rings (SSSR count). The molecule has 1 N–H and O–H groups in total. The highest BCUT2D eigenvalue weighted by Gasteiger charge is 2.47. The topological polar surface area (TPSA) is 40.5 Å². The Morgan fingerprint density at radius 3 is 2.85 bits per heavy atom. The van der Waals surface area contributed by atoms with Crippen LogP contribution in [0, 0.1) is 5.92 Å². The number of likely N-dealkylation sites (tertiary alicyclic amines) is 1. The van der Waals surface area contributed by atoms with Crippen molar-refractivity contribution in [2.45, 2.75) is 50.7 Å². The van der Waals surface area contributed by atoms with Crippen LogP contribution in [0.5, 0.6) is 0 Å². The van der Waals surface area contributed by atoms with Crippen LogP contribution in [0.3, 0.4) is 0 Å². The lowest BCUT2D eigenvalue weighted by molar-refractivity contribution is -0.133. The summed E-state index contributed by atoms with van der Waals surface area (Å²) in [7, 11) is 0. The Kier molecular flexibility index (Phi) is 3.79. The van der Waals surface area contributed by atoms with Crippen molar-refractivity contribution in [1.29, 1.82) is 0 Å². The van der Waals surface area contributed by atoms with Crippen molar-refractivity contribution >= 4 is 5.91 Å². The summed E-state index contributed by atoms with van der Waals surface area (Å²) in [5.41, 5.74) is 1.29. The smallest absolute Gasteiger partial charge is 0.226 e. The second-order valence-corrected chi connectivity index (χ2v) is 6.27. The quantitative estimate of drug-likeness (QED) is 0.916. The van der Waals surface area contributed by atoms with Gasteiger partial charge < -0.3 is 10.0 Å². The maximum Gasteiger partial charge on any atom is 0.226 e. The van der Waals surface area contributed by atoms with Crippen LogP contribution in [0.25, 0.3) is 0 Å². The van der Waals surface area contributed by atoms with Crippen molar-refractivity contribution in [1.82, 2.24) is 4.90 Å². The molecule has 4 atom stereocenters. The minimum absolute atomic E-state index is 0.173. The predicted octanol–water partition coefficient (Wildman–Crippen LogP) is 2.55. The number of rotatable bonds is 4. The Bertz CT molecular complexity index is 471. The number of carbonyl (C=O) groups excluding carboxylic acids is 1. The molecule has 2 fully saturated rings. The van der Waals surface area contributed by atoms with Crippen molar-refractivity contribution in [2.24, 2.45) is 5.92 Å². The van der Waals surface area contributed by atoms with Crippen molar-refractivity contribution in [3.05, 3.63) is 35.9 Å². The Labute approximate surface area is 120 Å². The molecule has 1 saturated heterocycles. The first kappa shape index (κ1) is 13.6. The standard InChI is InChI=1S/C17H23NO2/c1-12(19)10-14-8-5-9-18(14)17(20)16-11-15(16)13-6-3-2-4-7-13/h2-4,6-7,12,14-16,19H,5,8-11H2,1H3. The van der Waals surface area contributed by atoms with E-state index in [1.165, 1.54) is 5.56 Å². The largest absolute Gasteiger partial charge is 0.393 e. The number of amides is 1. The first-order chi connectivity index (χ1) is 9.66. The predicted molar refractivity (Wildman–Crippen MR) is 78.3 cm³/mol. The third-order valence-electron chi connectivity index (χ3n) is 4.61. The van der Waals surface area contributed by atoms with E-state index in [0.29, 0.717) is 18.2 Å². The van der Waals surface area contributed by atoms with Gasteiger partial charge in [0, 0.05) is 18.5 Å². The summed E-state index contributed by atoms with van der Waals surface area (Å²) in [6.45, 7) is 2.68. The van der Waals surface area contributed by atoms with E-state index in [1.807, 2.05) is 30.0 Å². The molecule has 20 heavy (non-hydrogen) atoms. The van der Waals surface area contributed by atoms with Gasteiger partial charge in [0.15, 0.2) is 0 Å². The second-order valence-electron chi connectivity index (χ2n) is 6.27. The summed E-state index contributed by atoms with van der Waals surface area (Å²) >= 11 is 0. The maximum absolute atomic E-state index is 12.6. The zero-order chi connectivity index (χ0) is 14.1. The van der Waals surface area contributed by atoms with Gasteiger partial charge in [-0.1, -0.05) is 30.3 Å². The van der Waals surface area contributed by atoms with Crippen LogP contribution in [-0.4, -0.2) is 34.6 Å². The van der Waals surface area contributed by atoms with E-state index in [2.05, 4.69) is 12.1 Å². The molecular weight excluding hydrogens is 250 g/mol. The van der Waals surface area contributed by atoms with E-state index in [-0.39, 0.29) is 18.1 Å². The monoisotopic (exact) mass is 273 g/mol. The fourth-order valence-corrected chi connectivity index (χ4v) is 3.51. The average Bonchev–Trinajstić information content (AvgIpc) is 3.12. The van der Waals surface area contributed by atoms with Gasteiger partial charge in [0.05, 0.1) is 6.10 Å². The normalized spacial score (nSPS) is 30.3. The molecule has 1 aromatic carbocycles. The van der Waals surface area contributed by atoms with Crippen LogP contribution >= 0.6 is 0 Å². The number of carbonyl (C=O) groups is 1. The Hall–Kier alpha value is -1.35. The van der Waals surface area contributed by atoms with E-state index in [9.17, 15) is 9.90 Å². The van der Waals surface area contributed by atoms with Crippen LogP contribution in [0.2, 0.25) is 0 Å². The van der Waals surface area contributed by atoms with Crippen molar-refractivity contribution in [3.8, 4) is 0 Å². The molecule has 4 unspecified atom stereocenters. The molecule has 0 bridgehead atoms. The Morgan fingerprint density at radius 1 is 1.40 bits per heavy atom.